The zero-order valence-electron chi connectivity index (χ0n) is 31.1. The Morgan fingerprint density at radius 1 is 0.765 bits per heavy atom. The molecule has 8 aliphatic rings. The van der Waals surface area contributed by atoms with Crippen LogP contribution in [0.2, 0.25) is 0 Å². The summed E-state index contributed by atoms with van der Waals surface area (Å²) in [4.78, 5) is 23.5. The minimum absolute atomic E-state index is 0.00437. The fourth-order valence-electron chi connectivity index (χ4n) is 13.8. The SMILES string of the molecule is C[C@]12CC[C@H]3[C@@H](CC=C4C=C(O[C@H]5CC[C@H]6[C@@H]7CCc8cc(OC9CCCC9)ccc8[C@H]7CC[C@]56C)CC[C@@H]43)[C@@H]1CC[C@@H]2OC(=O)CCC(=O)O. The number of carboxylic acid groups (broad SMARTS) is 1. The number of aliphatic carboxylic acids is 1. The van der Waals surface area contributed by atoms with E-state index >= 15 is 0 Å². The lowest BCUT2D eigenvalue weighted by atomic mass is 9.53. The zero-order chi connectivity index (χ0) is 34.9. The number of aryl methyl sites for hydroxylation is 1. The summed E-state index contributed by atoms with van der Waals surface area (Å²) in [7, 11) is 0. The summed E-state index contributed by atoms with van der Waals surface area (Å²) in [6, 6.07) is 7.11. The van der Waals surface area contributed by atoms with Gasteiger partial charge in [0.05, 0.1) is 24.7 Å². The molecule has 0 heterocycles. The van der Waals surface area contributed by atoms with Crippen LogP contribution in [0.15, 0.2) is 41.7 Å². The average Bonchev–Trinajstić information content (AvgIpc) is 3.84. The molecule has 0 aliphatic heterocycles. The van der Waals surface area contributed by atoms with E-state index in [9.17, 15) is 9.59 Å². The molecular formula is C45H60O6. The maximum atomic E-state index is 12.5. The van der Waals surface area contributed by atoms with Crippen molar-refractivity contribution >= 4 is 11.9 Å². The van der Waals surface area contributed by atoms with Crippen LogP contribution in [-0.4, -0.2) is 35.4 Å². The van der Waals surface area contributed by atoms with Crippen LogP contribution in [0, 0.1) is 46.3 Å². The first-order chi connectivity index (χ1) is 24.7. The number of hydrogen-bond donors (Lipinski definition) is 1. The van der Waals surface area contributed by atoms with Crippen molar-refractivity contribution < 1.29 is 28.9 Å². The Labute approximate surface area is 305 Å². The number of benzene rings is 1. The Bertz CT molecular complexity index is 1590. The highest BCUT2D eigenvalue weighted by Crippen LogP contribution is 2.64. The minimum Gasteiger partial charge on any atom is -0.494 e. The minimum atomic E-state index is -0.943. The number of allylic oxidation sites excluding steroid dienone is 4. The van der Waals surface area contributed by atoms with Gasteiger partial charge in [-0.2, -0.15) is 0 Å². The van der Waals surface area contributed by atoms with Gasteiger partial charge in [-0.1, -0.05) is 26.0 Å². The van der Waals surface area contributed by atoms with Crippen LogP contribution in [0.5, 0.6) is 5.75 Å². The molecule has 5 saturated carbocycles. The van der Waals surface area contributed by atoms with Gasteiger partial charge in [-0.05, 0) is 179 Å². The Morgan fingerprint density at radius 3 is 2.35 bits per heavy atom. The number of carboxylic acids is 1. The Kier molecular flexibility index (Phi) is 8.86. The van der Waals surface area contributed by atoms with E-state index in [-0.39, 0.29) is 35.7 Å². The third-order valence-electron chi connectivity index (χ3n) is 16.3. The molecule has 0 radical (unpaired) electrons. The molecule has 6 nitrogen and oxygen atoms in total. The summed E-state index contributed by atoms with van der Waals surface area (Å²) >= 11 is 0. The van der Waals surface area contributed by atoms with Gasteiger partial charge >= 0.3 is 11.9 Å². The number of hydrogen-bond acceptors (Lipinski definition) is 5. The molecule has 51 heavy (non-hydrogen) atoms. The first-order valence-corrected chi connectivity index (χ1v) is 21.0. The molecule has 0 spiro atoms. The number of ether oxygens (including phenoxy) is 3. The highest BCUT2D eigenvalue weighted by atomic mass is 16.5. The predicted octanol–water partition coefficient (Wildman–Crippen LogP) is 10.1. The number of esters is 1. The first-order valence-electron chi connectivity index (χ1n) is 21.0. The third kappa shape index (κ3) is 5.97. The van der Waals surface area contributed by atoms with E-state index < -0.39 is 5.97 Å². The Balaban J connectivity index is 0.841. The molecule has 1 N–H and O–H groups in total. The average molecular weight is 697 g/mol. The van der Waals surface area contributed by atoms with Crippen LogP contribution in [0.25, 0.3) is 0 Å². The molecule has 5 fully saturated rings. The highest BCUT2D eigenvalue weighted by Gasteiger charge is 2.58. The maximum Gasteiger partial charge on any atom is 0.306 e. The van der Waals surface area contributed by atoms with Gasteiger partial charge in [0.25, 0.3) is 0 Å². The molecule has 1 aromatic rings. The van der Waals surface area contributed by atoms with Crippen LogP contribution >= 0.6 is 0 Å². The molecule has 0 aromatic heterocycles. The van der Waals surface area contributed by atoms with E-state index in [4.69, 9.17) is 19.3 Å². The van der Waals surface area contributed by atoms with Gasteiger partial charge in [0, 0.05) is 17.3 Å². The summed E-state index contributed by atoms with van der Waals surface area (Å²) < 4.78 is 19.5. The molecule has 0 unspecified atom stereocenters. The van der Waals surface area contributed by atoms with E-state index in [1.807, 2.05) is 0 Å². The molecule has 1 aromatic carbocycles. The molecule has 6 heteroatoms. The van der Waals surface area contributed by atoms with Crippen molar-refractivity contribution in [3.63, 3.8) is 0 Å². The quantitative estimate of drug-likeness (QED) is 0.273. The lowest BCUT2D eigenvalue weighted by Gasteiger charge is -2.53. The Hall–Kier alpha value is -2.76. The lowest BCUT2D eigenvalue weighted by Crippen LogP contribution is -2.47. The largest absolute Gasteiger partial charge is 0.494 e. The Morgan fingerprint density at radius 2 is 1.53 bits per heavy atom. The van der Waals surface area contributed by atoms with E-state index in [1.54, 1.807) is 11.1 Å². The van der Waals surface area contributed by atoms with Crippen molar-refractivity contribution in [3.8, 4) is 5.75 Å². The van der Waals surface area contributed by atoms with E-state index in [1.165, 1.54) is 88.4 Å². The summed E-state index contributed by atoms with van der Waals surface area (Å²) in [6.07, 6.45) is 25.7. The molecule has 0 bridgehead atoms. The molecule has 0 amide bonds. The van der Waals surface area contributed by atoms with Gasteiger partial charge < -0.3 is 19.3 Å². The monoisotopic (exact) mass is 696 g/mol. The van der Waals surface area contributed by atoms with Gasteiger partial charge in [-0.15, -0.1) is 0 Å². The van der Waals surface area contributed by atoms with Gasteiger partial charge in [-0.3, -0.25) is 9.59 Å². The van der Waals surface area contributed by atoms with Crippen LogP contribution in [0.1, 0.15) is 146 Å². The summed E-state index contributed by atoms with van der Waals surface area (Å²) in [5, 5.41) is 9.00. The van der Waals surface area contributed by atoms with Gasteiger partial charge in [-0.25, -0.2) is 0 Å². The molecule has 9 rings (SSSR count). The lowest BCUT2D eigenvalue weighted by molar-refractivity contribution is -0.160. The van der Waals surface area contributed by atoms with Gasteiger partial charge in [0.15, 0.2) is 0 Å². The fraction of sp³-hybridized carbons (Fsp3) is 0.733. The molecule has 8 aliphatic carbocycles. The van der Waals surface area contributed by atoms with Crippen LogP contribution < -0.4 is 4.74 Å². The number of fused-ring (bicyclic) bond motifs is 10. The van der Waals surface area contributed by atoms with Crippen molar-refractivity contribution in [2.24, 2.45) is 46.3 Å². The van der Waals surface area contributed by atoms with E-state index in [0.717, 1.165) is 49.7 Å². The summed E-state index contributed by atoms with van der Waals surface area (Å²) in [5.74, 6) is 5.79. The normalized spacial score (nSPS) is 41.1. The smallest absolute Gasteiger partial charge is 0.306 e. The number of carbonyl (C=O) groups excluding carboxylic acids is 1. The second-order valence-electron chi connectivity index (χ2n) is 18.7. The van der Waals surface area contributed by atoms with Crippen LogP contribution in [-0.2, 0) is 25.5 Å². The highest BCUT2D eigenvalue weighted by molar-refractivity contribution is 5.76. The molecule has 11 atom stereocenters. The van der Waals surface area contributed by atoms with Crippen LogP contribution in [0.3, 0.4) is 0 Å². The van der Waals surface area contributed by atoms with E-state index in [0.29, 0.717) is 41.8 Å². The molecular weight excluding hydrogens is 636 g/mol. The van der Waals surface area contributed by atoms with Crippen molar-refractivity contribution in [2.45, 2.75) is 160 Å². The van der Waals surface area contributed by atoms with Crippen LogP contribution in [0.4, 0.5) is 0 Å². The molecule has 0 saturated heterocycles. The standard InChI is InChI=1S/C45H60O6/c1-44-23-21-34-32-13-9-30(49-29-5-3-4-6-29)25-27(32)7-11-36(34)38(44)15-17-40(44)50-31-10-14-33-28(26-31)8-12-37-35(33)22-24-45(2)39(37)16-18-41(45)51-43(48)20-19-42(46)47/h8-9,13,25-26,29,33-41H,3-7,10-12,14-24H2,1-2H3,(H,46,47)/t33-,34+,35+,36+,37+,38-,39-,40-,41-,44-,45-/m0/s1. The number of carbonyl (C=O) groups is 2. The topological polar surface area (TPSA) is 82.1 Å². The second-order valence-corrected chi connectivity index (χ2v) is 18.7. The van der Waals surface area contributed by atoms with Crippen molar-refractivity contribution in [2.75, 3.05) is 0 Å². The van der Waals surface area contributed by atoms with Gasteiger partial charge in [0.1, 0.15) is 18.0 Å². The predicted molar refractivity (Wildman–Crippen MR) is 196 cm³/mol. The van der Waals surface area contributed by atoms with E-state index in [2.05, 4.69) is 44.2 Å². The fourth-order valence-corrected chi connectivity index (χ4v) is 13.8. The number of rotatable bonds is 8. The summed E-state index contributed by atoms with van der Waals surface area (Å²) in [5.41, 5.74) is 4.97. The molecule has 276 valence electrons. The van der Waals surface area contributed by atoms with Gasteiger partial charge in [0.2, 0.25) is 0 Å². The third-order valence-corrected chi connectivity index (χ3v) is 16.3. The van der Waals surface area contributed by atoms with Crippen molar-refractivity contribution in [1.82, 2.24) is 0 Å². The van der Waals surface area contributed by atoms with Crippen molar-refractivity contribution in [3.05, 3.63) is 52.8 Å². The summed E-state index contributed by atoms with van der Waals surface area (Å²) in [6.45, 7) is 4.92. The maximum absolute atomic E-state index is 12.5. The second kappa shape index (κ2) is 13.3. The van der Waals surface area contributed by atoms with Crippen molar-refractivity contribution in [1.29, 1.82) is 0 Å². The zero-order valence-corrected chi connectivity index (χ0v) is 31.1. The first kappa shape index (κ1) is 34.0.